The molecule has 162 valence electrons. The van der Waals surface area contributed by atoms with Gasteiger partial charge in [0.05, 0.1) is 16.1 Å². The molecular formula is C19H17ClF4N2O4. The number of aromatic carboxylic acids is 1. The Morgan fingerprint density at radius 3 is 2.60 bits per heavy atom. The molecule has 0 radical (unpaired) electrons. The van der Waals surface area contributed by atoms with Gasteiger partial charge in [-0.15, -0.1) is 11.6 Å². The van der Waals surface area contributed by atoms with Gasteiger partial charge in [-0.2, -0.15) is 13.2 Å². The minimum absolute atomic E-state index is 0.00134. The maximum Gasteiger partial charge on any atom is 0.414 e. The standard InChI is InChI=1S/C19H17ClF4N2O4/c20-18(2-3-18)12-13-9(15(27)10(6-25-13)17(29)30)5-11(21)14(12)26-4-1-8(7-26)16(28)19(22,23)24/h5-6,8,16,28H,1-4,7H2,(H,25,27)(H,29,30). The fraction of sp³-hybridized carbons (Fsp3) is 0.474. The number of aromatic nitrogens is 1. The molecule has 2 unspecified atom stereocenters. The van der Waals surface area contributed by atoms with Gasteiger partial charge in [0.25, 0.3) is 0 Å². The molecule has 1 aliphatic heterocycles. The zero-order valence-electron chi connectivity index (χ0n) is 15.4. The zero-order chi connectivity index (χ0) is 22.0. The van der Waals surface area contributed by atoms with Gasteiger partial charge >= 0.3 is 12.1 Å². The van der Waals surface area contributed by atoms with Crippen LogP contribution < -0.4 is 10.3 Å². The molecule has 11 heteroatoms. The molecule has 0 amide bonds. The first-order valence-electron chi connectivity index (χ1n) is 9.24. The third-order valence-corrected chi connectivity index (χ3v) is 6.36. The molecule has 1 aromatic carbocycles. The van der Waals surface area contributed by atoms with Crippen molar-refractivity contribution in [1.29, 1.82) is 0 Å². The Bertz CT molecular complexity index is 1100. The number of aliphatic hydroxyl groups is 1. The number of carbonyl (C=O) groups is 1. The van der Waals surface area contributed by atoms with E-state index >= 15 is 4.39 Å². The Morgan fingerprint density at radius 1 is 1.37 bits per heavy atom. The van der Waals surface area contributed by atoms with Crippen molar-refractivity contribution in [3.05, 3.63) is 39.4 Å². The third-order valence-electron chi connectivity index (χ3n) is 5.79. The summed E-state index contributed by atoms with van der Waals surface area (Å²) in [6, 6.07) is 0.885. The van der Waals surface area contributed by atoms with Crippen LogP contribution in [0.5, 0.6) is 0 Å². The van der Waals surface area contributed by atoms with E-state index in [4.69, 9.17) is 16.7 Å². The van der Waals surface area contributed by atoms with Crippen molar-refractivity contribution in [2.45, 2.75) is 36.4 Å². The van der Waals surface area contributed by atoms with Crippen molar-refractivity contribution in [3.8, 4) is 0 Å². The Kier molecular flexibility index (Phi) is 4.77. The second-order valence-electron chi connectivity index (χ2n) is 7.79. The van der Waals surface area contributed by atoms with E-state index in [1.807, 2.05) is 0 Å². The molecule has 4 rings (SSSR count). The van der Waals surface area contributed by atoms with Gasteiger partial charge in [0, 0.05) is 36.2 Å². The van der Waals surface area contributed by atoms with Crippen LogP contribution in [0.2, 0.25) is 0 Å². The zero-order valence-corrected chi connectivity index (χ0v) is 16.1. The highest BCUT2D eigenvalue weighted by Crippen LogP contribution is 2.57. The number of carboxylic acids is 1. The van der Waals surface area contributed by atoms with Crippen LogP contribution in [-0.2, 0) is 4.87 Å². The number of aliphatic hydroxyl groups excluding tert-OH is 1. The Balaban J connectivity index is 1.85. The first-order chi connectivity index (χ1) is 13.9. The smallest absolute Gasteiger partial charge is 0.414 e. The summed E-state index contributed by atoms with van der Waals surface area (Å²) >= 11 is 6.57. The fourth-order valence-corrected chi connectivity index (χ4v) is 4.38. The summed E-state index contributed by atoms with van der Waals surface area (Å²) in [7, 11) is 0. The summed E-state index contributed by atoms with van der Waals surface area (Å²) in [5, 5.41) is 18.5. The Hall–Kier alpha value is -2.33. The number of nitrogens with zero attached hydrogens (tertiary/aromatic N) is 1. The molecule has 2 aromatic rings. The van der Waals surface area contributed by atoms with Crippen LogP contribution >= 0.6 is 11.6 Å². The van der Waals surface area contributed by atoms with Crippen LogP contribution in [0.15, 0.2) is 17.1 Å². The Morgan fingerprint density at radius 2 is 2.03 bits per heavy atom. The maximum atomic E-state index is 15.2. The molecule has 1 aromatic heterocycles. The van der Waals surface area contributed by atoms with Crippen LogP contribution in [0, 0.1) is 11.7 Å². The summed E-state index contributed by atoms with van der Waals surface area (Å²) in [5.74, 6) is -3.48. The van der Waals surface area contributed by atoms with Crippen molar-refractivity contribution in [3.63, 3.8) is 0 Å². The predicted octanol–water partition coefficient (Wildman–Crippen LogP) is 3.34. The van der Waals surface area contributed by atoms with Crippen molar-refractivity contribution in [2.75, 3.05) is 18.0 Å². The maximum absolute atomic E-state index is 15.2. The number of halogens is 5. The lowest BCUT2D eigenvalue weighted by Gasteiger charge is -2.27. The van der Waals surface area contributed by atoms with E-state index in [1.54, 1.807) is 0 Å². The second-order valence-corrected chi connectivity index (χ2v) is 8.51. The van der Waals surface area contributed by atoms with Crippen molar-refractivity contribution < 1.29 is 32.6 Å². The molecule has 6 nitrogen and oxygen atoms in total. The van der Waals surface area contributed by atoms with Crippen molar-refractivity contribution >= 4 is 34.2 Å². The molecule has 3 N–H and O–H groups in total. The molecule has 1 saturated carbocycles. The van der Waals surface area contributed by atoms with Gasteiger partial charge < -0.3 is 20.1 Å². The second kappa shape index (κ2) is 6.84. The van der Waals surface area contributed by atoms with Crippen LogP contribution in [0.25, 0.3) is 10.9 Å². The van der Waals surface area contributed by atoms with Crippen molar-refractivity contribution in [2.24, 2.45) is 5.92 Å². The topological polar surface area (TPSA) is 93.6 Å². The van der Waals surface area contributed by atoms with Gasteiger partial charge in [0.2, 0.25) is 5.43 Å². The number of benzene rings is 1. The highest BCUT2D eigenvalue weighted by atomic mass is 35.5. The Labute approximate surface area is 172 Å². The average Bonchev–Trinajstić information content (AvgIpc) is 3.22. The van der Waals surface area contributed by atoms with Crippen LogP contribution in [0.1, 0.15) is 35.2 Å². The number of alkyl halides is 4. The third kappa shape index (κ3) is 3.31. The van der Waals surface area contributed by atoms with E-state index in [2.05, 4.69) is 4.98 Å². The monoisotopic (exact) mass is 448 g/mol. The molecule has 1 aliphatic carbocycles. The van der Waals surface area contributed by atoms with Crippen LogP contribution in [0.3, 0.4) is 0 Å². The van der Waals surface area contributed by atoms with E-state index in [0.29, 0.717) is 12.8 Å². The molecule has 2 aliphatic rings. The van der Waals surface area contributed by atoms with E-state index in [1.165, 1.54) is 4.90 Å². The quantitative estimate of drug-likeness (QED) is 0.493. The number of fused-ring (bicyclic) bond motifs is 1. The number of H-pyrrole nitrogens is 1. The molecule has 2 heterocycles. The van der Waals surface area contributed by atoms with E-state index in [9.17, 15) is 27.9 Å². The minimum Gasteiger partial charge on any atom is -0.477 e. The van der Waals surface area contributed by atoms with Gasteiger partial charge in [0.1, 0.15) is 11.4 Å². The van der Waals surface area contributed by atoms with E-state index in [-0.39, 0.29) is 41.7 Å². The number of hydrogen-bond acceptors (Lipinski definition) is 4. The molecule has 1 saturated heterocycles. The average molecular weight is 449 g/mol. The summed E-state index contributed by atoms with van der Waals surface area (Å²) in [6.07, 6.45) is -5.38. The molecule has 30 heavy (non-hydrogen) atoms. The molecular weight excluding hydrogens is 432 g/mol. The van der Waals surface area contributed by atoms with Gasteiger partial charge in [-0.05, 0) is 25.3 Å². The van der Waals surface area contributed by atoms with Crippen LogP contribution in [-0.4, -0.2) is 46.5 Å². The SMILES string of the molecule is O=C(O)c1c[nH]c2c(C3(Cl)CC3)c(N3CCC(C(O)C(F)(F)F)C3)c(F)cc2c1=O. The van der Waals surface area contributed by atoms with Crippen molar-refractivity contribution in [1.82, 2.24) is 4.98 Å². The van der Waals surface area contributed by atoms with E-state index in [0.717, 1.165) is 12.3 Å². The highest BCUT2D eigenvalue weighted by Gasteiger charge is 2.49. The summed E-state index contributed by atoms with van der Waals surface area (Å²) in [4.78, 5) is 26.9. The number of rotatable bonds is 4. The highest BCUT2D eigenvalue weighted by molar-refractivity contribution is 6.27. The molecule has 0 spiro atoms. The van der Waals surface area contributed by atoms with Gasteiger partial charge in [-0.3, -0.25) is 4.79 Å². The van der Waals surface area contributed by atoms with Crippen LogP contribution in [0.4, 0.5) is 23.2 Å². The molecule has 2 atom stereocenters. The van der Waals surface area contributed by atoms with Gasteiger partial charge in [-0.25, -0.2) is 9.18 Å². The normalized spacial score (nSPS) is 21.8. The first kappa shape index (κ1) is 20.9. The minimum atomic E-state index is -4.78. The lowest BCUT2D eigenvalue weighted by Crippen LogP contribution is -2.37. The number of carboxylic acid groups (broad SMARTS) is 1. The lowest BCUT2D eigenvalue weighted by molar-refractivity contribution is -0.217. The number of nitrogens with one attached hydrogen (secondary N) is 1. The number of aromatic amines is 1. The molecule has 0 bridgehead atoms. The lowest BCUT2D eigenvalue weighted by atomic mass is 9.99. The number of pyridine rings is 1. The summed E-state index contributed by atoms with van der Waals surface area (Å²) in [5.41, 5.74) is -1.07. The van der Waals surface area contributed by atoms with Gasteiger partial charge in [0.15, 0.2) is 6.10 Å². The summed E-state index contributed by atoms with van der Waals surface area (Å²) < 4.78 is 53.9. The predicted molar refractivity (Wildman–Crippen MR) is 101 cm³/mol. The van der Waals surface area contributed by atoms with Gasteiger partial charge in [-0.1, -0.05) is 0 Å². The number of anilines is 1. The largest absolute Gasteiger partial charge is 0.477 e. The first-order valence-corrected chi connectivity index (χ1v) is 9.62. The number of hydrogen-bond donors (Lipinski definition) is 3. The fourth-order valence-electron chi connectivity index (χ4n) is 4.10. The molecule has 2 fully saturated rings. The van der Waals surface area contributed by atoms with E-state index < -0.39 is 45.9 Å². The summed E-state index contributed by atoms with van der Waals surface area (Å²) in [6.45, 7) is -0.168.